The van der Waals surface area contributed by atoms with Gasteiger partial charge < -0.3 is 10.6 Å². The molecule has 3 nitrogen and oxygen atoms in total. The standard InChI is InChI=1S/C16H20BrN3/c1-10-4-3-7-20(11(10)2)15-6-5-14(18)13-8-12(17)9-19-16(13)15/h5-6,8-11H,3-4,7,18H2,1-2H3. The van der Waals surface area contributed by atoms with Gasteiger partial charge in [0.1, 0.15) is 0 Å². The van der Waals surface area contributed by atoms with Crippen LogP contribution < -0.4 is 10.6 Å². The number of hydrogen-bond donors (Lipinski definition) is 1. The minimum absolute atomic E-state index is 0.543. The number of hydrogen-bond acceptors (Lipinski definition) is 3. The highest BCUT2D eigenvalue weighted by molar-refractivity contribution is 9.10. The molecule has 3 rings (SSSR count). The molecule has 1 fully saturated rings. The Kier molecular flexibility index (Phi) is 3.59. The molecule has 0 aliphatic carbocycles. The van der Waals surface area contributed by atoms with Crippen LogP contribution in [0.2, 0.25) is 0 Å². The van der Waals surface area contributed by atoms with Crippen LogP contribution in [0.15, 0.2) is 28.9 Å². The number of aromatic nitrogens is 1. The molecule has 1 aromatic heterocycles. The van der Waals surface area contributed by atoms with E-state index in [0.717, 1.165) is 27.6 Å². The molecule has 2 atom stereocenters. The van der Waals surface area contributed by atoms with E-state index in [1.54, 1.807) is 0 Å². The molecule has 106 valence electrons. The molecule has 2 N–H and O–H groups in total. The molecule has 0 bridgehead atoms. The zero-order chi connectivity index (χ0) is 14.3. The predicted octanol–water partition coefficient (Wildman–Crippen LogP) is 4.20. The molecule has 1 aliphatic rings. The van der Waals surface area contributed by atoms with E-state index < -0.39 is 0 Å². The van der Waals surface area contributed by atoms with E-state index in [-0.39, 0.29) is 0 Å². The second kappa shape index (κ2) is 5.24. The summed E-state index contributed by atoms with van der Waals surface area (Å²) in [7, 11) is 0. The molecule has 20 heavy (non-hydrogen) atoms. The van der Waals surface area contributed by atoms with Gasteiger partial charge in [-0.25, -0.2) is 0 Å². The molecular weight excluding hydrogens is 314 g/mol. The molecule has 2 unspecified atom stereocenters. The van der Waals surface area contributed by atoms with Gasteiger partial charge >= 0.3 is 0 Å². The second-order valence-corrected chi connectivity index (χ2v) is 6.69. The number of benzene rings is 1. The van der Waals surface area contributed by atoms with Crippen molar-refractivity contribution in [2.45, 2.75) is 32.7 Å². The number of nitrogen functional groups attached to an aromatic ring is 1. The van der Waals surface area contributed by atoms with Gasteiger partial charge in [0.05, 0.1) is 11.2 Å². The lowest BCUT2D eigenvalue weighted by Gasteiger charge is -2.40. The number of piperidine rings is 1. The maximum atomic E-state index is 6.11. The summed E-state index contributed by atoms with van der Waals surface area (Å²) >= 11 is 3.48. The molecule has 1 aromatic carbocycles. The molecular formula is C16H20BrN3. The van der Waals surface area contributed by atoms with Crippen LogP contribution in [0.1, 0.15) is 26.7 Å². The Labute approximate surface area is 128 Å². The fourth-order valence-electron chi connectivity index (χ4n) is 3.11. The minimum Gasteiger partial charge on any atom is -0.398 e. The van der Waals surface area contributed by atoms with Gasteiger partial charge in [0.15, 0.2) is 0 Å². The third-order valence-electron chi connectivity index (χ3n) is 4.51. The number of rotatable bonds is 1. The smallest absolute Gasteiger partial charge is 0.0956 e. The van der Waals surface area contributed by atoms with Gasteiger partial charge in [-0.3, -0.25) is 4.98 Å². The van der Waals surface area contributed by atoms with E-state index >= 15 is 0 Å². The lowest BCUT2D eigenvalue weighted by atomic mass is 9.91. The summed E-state index contributed by atoms with van der Waals surface area (Å²) < 4.78 is 0.967. The summed E-state index contributed by atoms with van der Waals surface area (Å²) in [5, 5.41) is 1.03. The largest absolute Gasteiger partial charge is 0.398 e. The van der Waals surface area contributed by atoms with Crippen molar-refractivity contribution in [1.29, 1.82) is 0 Å². The SMILES string of the molecule is CC1CCCN(c2ccc(N)c3cc(Br)cnc23)C1C. The van der Waals surface area contributed by atoms with Gasteiger partial charge in [-0.15, -0.1) is 0 Å². The molecule has 0 spiro atoms. The summed E-state index contributed by atoms with van der Waals surface area (Å²) in [6, 6.07) is 6.71. The van der Waals surface area contributed by atoms with Crippen molar-refractivity contribution in [3.8, 4) is 0 Å². The van der Waals surface area contributed by atoms with Crippen LogP contribution in [0.5, 0.6) is 0 Å². The molecule has 2 heterocycles. The topological polar surface area (TPSA) is 42.1 Å². The lowest BCUT2D eigenvalue weighted by Crippen LogP contribution is -2.42. The summed E-state index contributed by atoms with van der Waals surface area (Å²) in [5.74, 6) is 0.715. The van der Waals surface area contributed by atoms with E-state index in [1.165, 1.54) is 18.5 Å². The minimum atomic E-state index is 0.543. The van der Waals surface area contributed by atoms with Crippen LogP contribution in [-0.4, -0.2) is 17.6 Å². The zero-order valence-electron chi connectivity index (χ0n) is 11.9. The van der Waals surface area contributed by atoms with Crippen LogP contribution >= 0.6 is 15.9 Å². The molecule has 0 saturated carbocycles. The average molecular weight is 334 g/mol. The van der Waals surface area contributed by atoms with Gasteiger partial charge in [-0.05, 0) is 59.8 Å². The fourth-order valence-corrected chi connectivity index (χ4v) is 3.44. The van der Waals surface area contributed by atoms with Crippen molar-refractivity contribution in [3.05, 3.63) is 28.9 Å². The van der Waals surface area contributed by atoms with Crippen LogP contribution in [0.3, 0.4) is 0 Å². The summed E-state index contributed by atoms with van der Waals surface area (Å²) in [6.07, 6.45) is 4.40. The summed E-state index contributed by atoms with van der Waals surface area (Å²) in [6.45, 7) is 5.74. The van der Waals surface area contributed by atoms with Crippen LogP contribution in [0.25, 0.3) is 10.9 Å². The highest BCUT2D eigenvalue weighted by Crippen LogP contribution is 2.35. The number of nitrogens with zero attached hydrogens (tertiary/aromatic N) is 2. The number of fused-ring (bicyclic) bond motifs is 1. The Hall–Kier alpha value is -1.29. The van der Waals surface area contributed by atoms with Crippen molar-refractivity contribution in [1.82, 2.24) is 4.98 Å². The van der Waals surface area contributed by atoms with Gasteiger partial charge in [-0.1, -0.05) is 6.92 Å². The molecule has 0 radical (unpaired) electrons. The first-order valence-corrected chi connectivity index (χ1v) is 7.97. The number of halogens is 1. The number of nitrogens with two attached hydrogens (primary N) is 1. The van der Waals surface area contributed by atoms with Crippen molar-refractivity contribution >= 4 is 38.2 Å². The highest BCUT2D eigenvalue weighted by atomic mass is 79.9. The number of anilines is 2. The average Bonchev–Trinajstić information content (AvgIpc) is 2.43. The molecule has 1 aliphatic heterocycles. The van der Waals surface area contributed by atoms with Gasteiger partial charge in [0.2, 0.25) is 0 Å². The van der Waals surface area contributed by atoms with Crippen LogP contribution in [0, 0.1) is 5.92 Å². The Morgan fingerprint density at radius 1 is 1.35 bits per heavy atom. The van der Waals surface area contributed by atoms with E-state index in [4.69, 9.17) is 5.73 Å². The van der Waals surface area contributed by atoms with Crippen molar-refractivity contribution in [2.75, 3.05) is 17.2 Å². The van der Waals surface area contributed by atoms with E-state index in [1.807, 2.05) is 12.3 Å². The van der Waals surface area contributed by atoms with Crippen LogP contribution in [-0.2, 0) is 0 Å². The molecule has 0 amide bonds. The Bertz CT molecular complexity index is 641. The summed E-state index contributed by atoms with van der Waals surface area (Å²) in [4.78, 5) is 7.09. The van der Waals surface area contributed by atoms with Crippen LogP contribution in [0.4, 0.5) is 11.4 Å². The molecule has 4 heteroatoms. The van der Waals surface area contributed by atoms with Gasteiger partial charge in [0.25, 0.3) is 0 Å². The third-order valence-corrected chi connectivity index (χ3v) is 4.95. The second-order valence-electron chi connectivity index (χ2n) is 5.78. The van der Waals surface area contributed by atoms with E-state index in [9.17, 15) is 0 Å². The number of pyridine rings is 1. The predicted molar refractivity (Wildman–Crippen MR) is 89.1 cm³/mol. The maximum absolute atomic E-state index is 6.11. The van der Waals surface area contributed by atoms with Gasteiger partial charge in [-0.2, -0.15) is 0 Å². The maximum Gasteiger partial charge on any atom is 0.0956 e. The Morgan fingerprint density at radius 3 is 2.95 bits per heavy atom. The zero-order valence-corrected chi connectivity index (χ0v) is 13.5. The first-order valence-electron chi connectivity index (χ1n) is 7.18. The van der Waals surface area contributed by atoms with Crippen molar-refractivity contribution < 1.29 is 0 Å². The highest BCUT2D eigenvalue weighted by Gasteiger charge is 2.26. The Morgan fingerprint density at radius 2 is 2.15 bits per heavy atom. The normalized spacial score (nSPS) is 23.2. The first kappa shape index (κ1) is 13.7. The van der Waals surface area contributed by atoms with Crippen molar-refractivity contribution in [2.24, 2.45) is 5.92 Å². The van der Waals surface area contributed by atoms with Gasteiger partial charge in [0, 0.05) is 34.3 Å². The van der Waals surface area contributed by atoms with Crippen molar-refractivity contribution in [3.63, 3.8) is 0 Å². The fraction of sp³-hybridized carbons (Fsp3) is 0.438. The van der Waals surface area contributed by atoms with E-state index in [2.05, 4.69) is 51.8 Å². The molecule has 1 saturated heterocycles. The summed E-state index contributed by atoms with van der Waals surface area (Å²) in [5.41, 5.74) is 9.11. The van der Waals surface area contributed by atoms with E-state index in [0.29, 0.717) is 12.0 Å². The lowest BCUT2D eigenvalue weighted by molar-refractivity contribution is 0.364. The monoisotopic (exact) mass is 333 g/mol. The first-order chi connectivity index (χ1) is 9.58. The molecule has 2 aromatic rings. The quantitative estimate of drug-likeness (QED) is 0.795. The third kappa shape index (κ3) is 2.26. The Balaban J connectivity index is 2.14.